The SMILES string of the molecule is CN[C@H](C(=O)NC(C(=O)N(C)[C@@H](C)/C=C(\C)C(=O)O)C(C)(C)C)C(C)(C)c1ccccc1. The Kier molecular flexibility index (Phi) is 9.21. The van der Waals surface area contributed by atoms with Gasteiger partial charge in [0.2, 0.25) is 11.8 Å². The lowest BCUT2D eigenvalue weighted by atomic mass is 9.76. The van der Waals surface area contributed by atoms with E-state index in [0.29, 0.717) is 0 Å². The predicted molar refractivity (Wildman–Crippen MR) is 127 cm³/mol. The van der Waals surface area contributed by atoms with Crippen LogP contribution >= 0.6 is 0 Å². The van der Waals surface area contributed by atoms with Crippen LogP contribution in [-0.2, 0) is 19.8 Å². The maximum absolute atomic E-state index is 13.4. The fourth-order valence-corrected chi connectivity index (χ4v) is 3.68. The van der Waals surface area contributed by atoms with Crippen molar-refractivity contribution in [1.82, 2.24) is 15.5 Å². The molecule has 0 aliphatic heterocycles. The third-order valence-corrected chi connectivity index (χ3v) is 5.98. The van der Waals surface area contributed by atoms with Crippen LogP contribution in [0.5, 0.6) is 0 Å². The fourth-order valence-electron chi connectivity index (χ4n) is 3.68. The Morgan fingerprint density at radius 1 is 1.03 bits per heavy atom. The zero-order valence-electron chi connectivity index (χ0n) is 20.8. The van der Waals surface area contributed by atoms with E-state index in [1.807, 2.05) is 65.0 Å². The van der Waals surface area contributed by atoms with Crippen LogP contribution in [0.25, 0.3) is 0 Å². The number of hydrogen-bond acceptors (Lipinski definition) is 4. The van der Waals surface area contributed by atoms with E-state index in [1.165, 1.54) is 17.9 Å². The number of hydrogen-bond donors (Lipinski definition) is 3. The van der Waals surface area contributed by atoms with Gasteiger partial charge in [0.05, 0.1) is 6.04 Å². The quantitative estimate of drug-likeness (QED) is 0.508. The number of carboxylic acid groups (broad SMARTS) is 1. The molecule has 0 aromatic heterocycles. The summed E-state index contributed by atoms with van der Waals surface area (Å²) in [6.45, 7) is 12.9. The molecule has 32 heavy (non-hydrogen) atoms. The molecule has 178 valence electrons. The lowest BCUT2D eigenvalue weighted by Crippen LogP contribution is -2.61. The first-order valence-corrected chi connectivity index (χ1v) is 10.9. The van der Waals surface area contributed by atoms with Gasteiger partial charge in [-0.25, -0.2) is 4.79 Å². The number of amides is 2. The Morgan fingerprint density at radius 3 is 2.00 bits per heavy atom. The number of likely N-dealkylation sites (N-methyl/N-ethyl adjacent to an activating group) is 2. The van der Waals surface area contributed by atoms with Crippen molar-refractivity contribution in [1.29, 1.82) is 0 Å². The van der Waals surface area contributed by atoms with E-state index in [0.717, 1.165) is 5.56 Å². The molecule has 0 fully saturated rings. The van der Waals surface area contributed by atoms with Crippen molar-refractivity contribution in [3.8, 4) is 0 Å². The van der Waals surface area contributed by atoms with Crippen molar-refractivity contribution in [3.05, 3.63) is 47.5 Å². The van der Waals surface area contributed by atoms with Gasteiger partial charge in [0, 0.05) is 24.1 Å². The van der Waals surface area contributed by atoms with Crippen molar-refractivity contribution in [2.75, 3.05) is 14.1 Å². The first-order chi connectivity index (χ1) is 14.6. The Bertz CT molecular complexity index is 840. The molecule has 0 radical (unpaired) electrons. The molecule has 0 aliphatic carbocycles. The molecule has 1 rings (SSSR count). The molecule has 0 saturated heterocycles. The van der Waals surface area contributed by atoms with Gasteiger partial charge in [0.25, 0.3) is 0 Å². The van der Waals surface area contributed by atoms with Crippen molar-refractivity contribution < 1.29 is 19.5 Å². The normalized spacial score (nSPS) is 15.5. The van der Waals surface area contributed by atoms with Crippen LogP contribution in [0.4, 0.5) is 0 Å². The van der Waals surface area contributed by atoms with Gasteiger partial charge >= 0.3 is 5.97 Å². The average molecular weight is 446 g/mol. The van der Waals surface area contributed by atoms with E-state index in [9.17, 15) is 14.4 Å². The standard InChI is InChI=1S/C25H39N3O4/c1-16(23(31)32)15-17(2)28(9)22(30)20(24(3,4)5)27-21(29)19(26-8)25(6,7)18-13-11-10-12-14-18/h10-15,17,19-20,26H,1-9H3,(H,27,29)(H,31,32)/b16-15+/t17-,19+,20?/m0/s1. The summed E-state index contributed by atoms with van der Waals surface area (Å²) in [5.74, 6) is -1.58. The smallest absolute Gasteiger partial charge is 0.331 e. The van der Waals surface area contributed by atoms with Crippen molar-refractivity contribution in [2.24, 2.45) is 5.41 Å². The van der Waals surface area contributed by atoms with E-state index >= 15 is 0 Å². The highest BCUT2D eigenvalue weighted by molar-refractivity contribution is 5.91. The van der Waals surface area contributed by atoms with Crippen LogP contribution < -0.4 is 10.6 Å². The van der Waals surface area contributed by atoms with Crippen molar-refractivity contribution >= 4 is 17.8 Å². The first-order valence-electron chi connectivity index (χ1n) is 10.9. The van der Waals surface area contributed by atoms with Crippen LogP contribution in [0.3, 0.4) is 0 Å². The van der Waals surface area contributed by atoms with Gasteiger partial charge in [0.15, 0.2) is 0 Å². The summed E-state index contributed by atoms with van der Waals surface area (Å²) < 4.78 is 0. The fraction of sp³-hybridized carbons (Fsp3) is 0.560. The zero-order valence-corrected chi connectivity index (χ0v) is 20.8. The minimum Gasteiger partial charge on any atom is -0.478 e. The third-order valence-electron chi connectivity index (χ3n) is 5.98. The molecule has 7 heteroatoms. The van der Waals surface area contributed by atoms with Crippen molar-refractivity contribution in [2.45, 2.75) is 72.0 Å². The molecule has 0 bridgehead atoms. The van der Waals surface area contributed by atoms with Gasteiger partial charge < -0.3 is 20.6 Å². The molecular weight excluding hydrogens is 406 g/mol. The molecule has 0 spiro atoms. The second-order valence-electron chi connectivity index (χ2n) is 9.96. The van der Waals surface area contributed by atoms with Crippen LogP contribution in [0.15, 0.2) is 42.0 Å². The molecular formula is C25H39N3O4. The second kappa shape index (κ2) is 10.8. The number of benzene rings is 1. The Balaban J connectivity index is 3.18. The number of carbonyl (C=O) groups excluding carboxylic acids is 2. The van der Waals surface area contributed by atoms with E-state index in [4.69, 9.17) is 5.11 Å². The summed E-state index contributed by atoms with van der Waals surface area (Å²) in [4.78, 5) is 39.4. The monoisotopic (exact) mass is 445 g/mol. The summed E-state index contributed by atoms with van der Waals surface area (Å²) >= 11 is 0. The molecule has 0 aliphatic rings. The lowest BCUT2D eigenvalue weighted by molar-refractivity contribution is -0.140. The summed E-state index contributed by atoms with van der Waals surface area (Å²) in [7, 11) is 3.35. The van der Waals surface area contributed by atoms with Gasteiger partial charge in [-0.1, -0.05) is 71.0 Å². The van der Waals surface area contributed by atoms with Crippen LogP contribution in [0.1, 0.15) is 54.0 Å². The highest BCUT2D eigenvalue weighted by atomic mass is 16.4. The van der Waals surface area contributed by atoms with E-state index in [1.54, 1.807) is 21.0 Å². The largest absolute Gasteiger partial charge is 0.478 e. The van der Waals surface area contributed by atoms with Crippen LogP contribution in [0.2, 0.25) is 0 Å². The van der Waals surface area contributed by atoms with Gasteiger partial charge in [-0.15, -0.1) is 0 Å². The number of rotatable bonds is 9. The number of carboxylic acids is 1. The first kappa shape index (κ1) is 27.4. The molecule has 2 amide bonds. The molecule has 0 heterocycles. The molecule has 3 atom stereocenters. The summed E-state index contributed by atoms with van der Waals surface area (Å²) in [6.07, 6.45) is 1.52. The minimum absolute atomic E-state index is 0.161. The molecule has 1 aromatic rings. The van der Waals surface area contributed by atoms with Crippen molar-refractivity contribution in [3.63, 3.8) is 0 Å². The maximum Gasteiger partial charge on any atom is 0.331 e. The lowest BCUT2D eigenvalue weighted by Gasteiger charge is -2.38. The Hall–Kier alpha value is -2.67. The van der Waals surface area contributed by atoms with Gasteiger partial charge in [-0.05, 0) is 31.9 Å². The summed E-state index contributed by atoms with van der Waals surface area (Å²) in [5, 5.41) is 15.2. The number of nitrogens with zero attached hydrogens (tertiary/aromatic N) is 1. The third kappa shape index (κ3) is 6.66. The highest BCUT2D eigenvalue weighted by Crippen LogP contribution is 2.28. The Morgan fingerprint density at radius 2 is 1.56 bits per heavy atom. The van der Waals surface area contributed by atoms with E-state index in [2.05, 4.69) is 10.6 Å². The molecule has 1 unspecified atom stereocenters. The second-order valence-corrected chi connectivity index (χ2v) is 9.96. The number of nitrogens with one attached hydrogen (secondary N) is 2. The van der Waals surface area contributed by atoms with Gasteiger partial charge in [-0.2, -0.15) is 0 Å². The molecule has 3 N–H and O–H groups in total. The predicted octanol–water partition coefficient (Wildman–Crippen LogP) is 2.96. The van der Waals surface area contributed by atoms with Crippen LogP contribution in [0, 0.1) is 5.41 Å². The summed E-state index contributed by atoms with van der Waals surface area (Å²) in [6, 6.07) is 7.97. The van der Waals surface area contributed by atoms with Gasteiger partial charge in [-0.3, -0.25) is 9.59 Å². The molecule has 1 aromatic carbocycles. The van der Waals surface area contributed by atoms with E-state index < -0.39 is 34.9 Å². The minimum atomic E-state index is -1.03. The summed E-state index contributed by atoms with van der Waals surface area (Å²) in [5.41, 5.74) is 0.0922. The molecule has 7 nitrogen and oxygen atoms in total. The average Bonchev–Trinajstić information content (AvgIpc) is 2.70. The maximum atomic E-state index is 13.4. The van der Waals surface area contributed by atoms with Gasteiger partial charge in [0.1, 0.15) is 6.04 Å². The van der Waals surface area contributed by atoms with Crippen LogP contribution in [-0.4, -0.2) is 60.0 Å². The molecule has 0 saturated carbocycles. The van der Waals surface area contributed by atoms with E-state index in [-0.39, 0.29) is 17.4 Å². The number of carbonyl (C=O) groups is 3. The topological polar surface area (TPSA) is 98.7 Å². The highest BCUT2D eigenvalue weighted by Gasteiger charge is 2.41. The number of aliphatic carboxylic acids is 1. The Labute approximate surface area is 192 Å². The zero-order chi connectivity index (χ0) is 24.9.